The molecule has 10 heteroatoms. The lowest BCUT2D eigenvalue weighted by atomic mass is 10.2. The highest BCUT2D eigenvalue weighted by molar-refractivity contribution is 7.92. The monoisotopic (exact) mass is 450 g/mol. The number of sulfonamides is 1. The number of ether oxygens (including phenoxy) is 4. The molecule has 0 saturated heterocycles. The van der Waals surface area contributed by atoms with Crippen LogP contribution in [0.3, 0.4) is 0 Å². The lowest BCUT2D eigenvalue weighted by Gasteiger charge is -2.25. The molecule has 1 aliphatic rings. The van der Waals surface area contributed by atoms with E-state index in [2.05, 4.69) is 5.32 Å². The molecule has 1 heterocycles. The zero-order valence-corrected chi connectivity index (χ0v) is 18.5. The van der Waals surface area contributed by atoms with Gasteiger partial charge in [-0.3, -0.25) is 9.10 Å². The van der Waals surface area contributed by atoms with Crippen LogP contribution in [-0.2, 0) is 21.4 Å². The Hall–Kier alpha value is -3.14. The predicted molar refractivity (Wildman–Crippen MR) is 116 cm³/mol. The largest absolute Gasteiger partial charge is 0.493 e. The molecule has 0 bridgehead atoms. The highest BCUT2D eigenvalue weighted by Crippen LogP contribution is 2.34. The number of anilines is 1. The lowest BCUT2D eigenvalue weighted by Crippen LogP contribution is -2.41. The normalized spacial score (nSPS) is 12.7. The van der Waals surface area contributed by atoms with Crippen LogP contribution in [0.15, 0.2) is 36.4 Å². The summed E-state index contributed by atoms with van der Waals surface area (Å²) in [5, 5.41) is 2.75. The number of carbonyl (C=O) groups is 1. The van der Waals surface area contributed by atoms with Crippen LogP contribution >= 0.6 is 0 Å². The summed E-state index contributed by atoms with van der Waals surface area (Å²) < 4.78 is 47.9. The average molecular weight is 451 g/mol. The Balaban J connectivity index is 1.74. The standard InChI is InChI=1S/C21H26N2O7S/c1-4-31(25,26)23(16-6-8-18-20(12-16)30-10-9-29-18)14-21(24)22-13-15-5-7-17(27-2)19(11-15)28-3/h5-8,11-12H,4,9-10,13-14H2,1-3H3,(H,22,24). The second-order valence-corrected chi connectivity index (χ2v) is 8.88. The fraction of sp³-hybridized carbons (Fsp3) is 0.381. The van der Waals surface area contributed by atoms with Crippen LogP contribution < -0.4 is 28.6 Å². The number of hydrogen-bond donors (Lipinski definition) is 1. The molecular weight excluding hydrogens is 424 g/mol. The van der Waals surface area contributed by atoms with Crippen molar-refractivity contribution in [2.75, 3.05) is 44.0 Å². The van der Waals surface area contributed by atoms with Gasteiger partial charge in [-0.2, -0.15) is 0 Å². The van der Waals surface area contributed by atoms with Gasteiger partial charge < -0.3 is 24.3 Å². The van der Waals surface area contributed by atoms with Gasteiger partial charge in [0.1, 0.15) is 19.8 Å². The molecule has 3 rings (SSSR count). The minimum absolute atomic E-state index is 0.148. The Kier molecular flexibility index (Phi) is 7.11. The van der Waals surface area contributed by atoms with E-state index in [4.69, 9.17) is 18.9 Å². The quantitative estimate of drug-likeness (QED) is 0.623. The molecule has 9 nitrogen and oxygen atoms in total. The maximum absolute atomic E-state index is 12.7. The van der Waals surface area contributed by atoms with E-state index in [1.54, 1.807) is 43.5 Å². The molecule has 2 aromatic carbocycles. The van der Waals surface area contributed by atoms with E-state index in [0.717, 1.165) is 9.87 Å². The number of rotatable bonds is 9. The zero-order valence-electron chi connectivity index (χ0n) is 17.7. The molecule has 0 aliphatic carbocycles. The van der Waals surface area contributed by atoms with E-state index in [1.165, 1.54) is 14.0 Å². The van der Waals surface area contributed by atoms with Gasteiger partial charge in [-0.25, -0.2) is 8.42 Å². The topological polar surface area (TPSA) is 103 Å². The molecule has 1 N–H and O–H groups in total. The minimum Gasteiger partial charge on any atom is -0.493 e. The smallest absolute Gasteiger partial charge is 0.241 e. The third-order valence-electron chi connectivity index (χ3n) is 4.74. The molecule has 0 aromatic heterocycles. The molecule has 31 heavy (non-hydrogen) atoms. The van der Waals surface area contributed by atoms with Crippen LogP contribution in [0.4, 0.5) is 5.69 Å². The fourth-order valence-corrected chi connectivity index (χ4v) is 4.13. The fourth-order valence-electron chi connectivity index (χ4n) is 3.07. The van der Waals surface area contributed by atoms with Crippen molar-refractivity contribution in [1.82, 2.24) is 5.32 Å². The Bertz CT molecular complexity index is 1040. The summed E-state index contributed by atoms with van der Waals surface area (Å²) in [6.45, 7) is 2.19. The van der Waals surface area contributed by atoms with Gasteiger partial charge in [-0.05, 0) is 36.8 Å². The summed E-state index contributed by atoms with van der Waals surface area (Å²) in [6.07, 6.45) is 0. The molecule has 2 aromatic rings. The van der Waals surface area contributed by atoms with Crippen molar-refractivity contribution in [3.63, 3.8) is 0 Å². The van der Waals surface area contributed by atoms with Gasteiger partial charge in [0.15, 0.2) is 23.0 Å². The number of fused-ring (bicyclic) bond motifs is 1. The highest BCUT2D eigenvalue weighted by atomic mass is 32.2. The summed E-state index contributed by atoms with van der Waals surface area (Å²) in [7, 11) is -0.628. The number of methoxy groups -OCH3 is 2. The number of nitrogens with one attached hydrogen (secondary N) is 1. The molecule has 168 valence electrons. The van der Waals surface area contributed by atoms with E-state index in [0.29, 0.717) is 41.9 Å². The van der Waals surface area contributed by atoms with Gasteiger partial charge >= 0.3 is 0 Å². The average Bonchev–Trinajstić information content (AvgIpc) is 2.80. The minimum atomic E-state index is -3.70. The van der Waals surface area contributed by atoms with Gasteiger partial charge in [0.25, 0.3) is 0 Å². The first-order valence-electron chi connectivity index (χ1n) is 9.75. The molecule has 1 aliphatic heterocycles. The SMILES string of the molecule is CCS(=O)(=O)N(CC(=O)NCc1ccc(OC)c(OC)c1)c1ccc2c(c1)OCCO2. The molecule has 0 atom stereocenters. The van der Waals surface area contributed by atoms with Gasteiger partial charge in [0, 0.05) is 12.6 Å². The van der Waals surface area contributed by atoms with Crippen molar-refractivity contribution in [2.45, 2.75) is 13.5 Å². The molecule has 0 radical (unpaired) electrons. The maximum atomic E-state index is 12.7. The second kappa shape index (κ2) is 9.78. The summed E-state index contributed by atoms with van der Waals surface area (Å²) in [5.41, 5.74) is 1.13. The molecule has 0 unspecified atom stereocenters. The lowest BCUT2D eigenvalue weighted by molar-refractivity contribution is -0.119. The third kappa shape index (κ3) is 5.32. The van der Waals surface area contributed by atoms with Crippen molar-refractivity contribution < 1.29 is 32.2 Å². The Morgan fingerprint density at radius 3 is 2.42 bits per heavy atom. The van der Waals surface area contributed by atoms with Crippen LogP contribution in [0, 0.1) is 0 Å². The number of nitrogens with zero attached hydrogens (tertiary/aromatic N) is 1. The number of hydrogen-bond acceptors (Lipinski definition) is 7. The van der Waals surface area contributed by atoms with Crippen molar-refractivity contribution in [3.05, 3.63) is 42.0 Å². The first-order chi connectivity index (χ1) is 14.9. The Morgan fingerprint density at radius 1 is 1.03 bits per heavy atom. The first-order valence-corrected chi connectivity index (χ1v) is 11.4. The molecule has 1 amide bonds. The highest BCUT2D eigenvalue weighted by Gasteiger charge is 2.25. The zero-order chi connectivity index (χ0) is 22.4. The molecular formula is C21H26N2O7S. The third-order valence-corrected chi connectivity index (χ3v) is 6.48. The van der Waals surface area contributed by atoms with Gasteiger partial charge in [-0.15, -0.1) is 0 Å². The van der Waals surface area contributed by atoms with Crippen LogP contribution in [0.2, 0.25) is 0 Å². The number of carbonyl (C=O) groups excluding carboxylic acids is 1. The first kappa shape index (κ1) is 22.5. The summed E-state index contributed by atoms with van der Waals surface area (Å²) in [5.74, 6) is 1.52. The number of benzene rings is 2. The second-order valence-electron chi connectivity index (χ2n) is 6.70. The summed E-state index contributed by atoms with van der Waals surface area (Å²) >= 11 is 0. The van der Waals surface area contributed by atoms with Gasteiger partial charge in [0.2, 0.25) is 15.9 Å². The van der Waals surface area contributed by atoms with Crippen LogP contribution in [0.25, 0.3) is 0 Å². The van der Waals surface area contributed by atoms with Crippen LogP contribution in [0.1, 0.15) is 12.5 Å². The van der Waals surface area contributed by atoms with Crippen LogP contribution in [-0.4, -0.2) is 54.1 Å². The van der Waals surface area contributed by atoms with E-state index in [1.807, 2.05) is 0 Å². The molecule has 0 saturated carbocycles. The summed E-state index contributed by atoms with van der Waals surface area (Å²) in [4.78, 5) is 12.6. The van der Waals surface area contributed by atoms with Gasteiger partial charge in [0.05, 0.1) is 25.7 Å². The van der Waals surface area contributed by atoms with Crippen molar-refractivity contribution >= 4 is 21.6 Å². The van der Waals surface area contributed by atoms with Gasteiger partial charge in [-0.1, -0.05) is 6.07 Å². The molecule has 0 fully saturated rings. The predicted octanol–water partition coefficient (Wildman–Crippen LogP) is 1.95. The number of amides is 1. The van der Waals surface area contributed by atoms with E-state index < -0.39 is 15.9 Å². The van der Waals surface area contributed by atoms with Crippen molar-refractivity contribution in [3.8, 4) is 23.0 Å². The van der Waals surface area contributed by atoms with E-state index >= 15 is 0 Å². The Morgan fingerprint density at radius 2 is 1.74 bits per heavy atom. The summed E-state index contributed by atoms with van der Waals surface area (Å²) in [6, 6.07) is 10.1. The molecule has 0 spiro atoms. The van der Waals surface area contributed by atoms with Crippen LogP contribution in [0.5, 0.6) is 23.0 Å². The Labute approximate surface area is 181 Å². The maximum Gasteiger partial charge on any atom is 0.241 e. The van der Waals surface area contributed by atoms with E-state index in [-0.39, 0.29) is 18.8 Å². The van der Waals surface area contributed by atoms with Crippen molar-refractivity contribution in [2.24, 2.45) is 0 Å². The van der Waals surface area contributed by atoms with Crippen molar-refractivity contribution in [1.29, 1.82) is 0 Å². The van der Waals surface area contributed by atoms with E-state index in [9.17, 15) is 13.2 Å².